The molecule has 1 N–H and O–H groups in total. The lowest BCUT2D eigenvalue weighted by atomic mass is 10.1. The van der Waals surface area contributed by atoms with Crippen LogP contribution in [-0.2, 0) is 0 Å². The van der Waals surface area contributed by atoms with E-state index < -0.39 is 0 Å². The summed E-state index contributed by atoms with van der Waals surface area (Å²) in [7, 11) is 0. The Balaban J connectivity index is 2.01. The summed E-state index contributed by atoms with van der Waals surface area (Å²) >= 11 is 0. The molecule has 3 rings (SSSR count). The highest BCUT2D eigenvalue weighted by atomic mass is 16.6. The number of hydrogen-bond acceptors (Lipinski definition) is 2. The second kappa shape index (κ2) is 3.98. The number of benzene rings is 2. The van der Waals surface area contributed by atoms with E-state index in [0.29, 0.717) is 0 Å². The van der Waals surface area contributed by atoms with Crippen LogP contribution in [0.15, 0.2) is 48.5 Å². The minimum Gasteiger partial charge on any atom is -0.382 e. The van der Waals surface area contributed by atoms with E-state index >= 15 is 0 Å². The van der Waals surface area contributed by atoms with Gasteiger partial charge in [-0.2, -0.15) is 0 Å². The van der Waals surface area contributed by atoms with Crippen molar-refractivity contribution in [3.8, 4) is 5.75 Å². The van der Waals surface area contributed by atoms with Gasteiger partial charge < -0.3 is 4.84 Å². The van der Waals surface area contributed by atoms with Gasteiger partial charge >= 0.3 is 0 Å². The molecule has 17 heavy (non-hydrogen) atoms. The molecule has 0 aromatic heterocycles. The summed E-state index contributed by atoms with van der Waals surface area (Å²) < 4.78 is 0. The van der Waals surface area contributed by atoms with Crippen molar-refractivity contribution in [2.45, 2.75) is 6.92 Å². The van der Waals surface area contributed by atoms with Crippen LogP contribution in [-0.4, -0.2) is 0 Å². The van der Waals surface area contributed by atoms with Crippen molar-refractivity contribution >= 4 is 11.8 Å². The normalized spacial score (nSPS) is 13.1. The number of rotatable bonds is 1. The number of nitrogens with one attached hydrogen (secondary N) is 1. The van der Waals surface area contributed by atoms with Crippen LogP contribution in [0.25, 0.3) is 11.8 Å². The molecule has 0 fully saturated rings. The quantitative estimate of drug-likeness (QED) is 0.800. The molecule has 0 saturated heterocycles. The van der Waals surface area contributed by atoms with Gasteiger partial charge in [0.2, 0.25) is 0 Å². The average molecular weight is 223 g/mol. The van der Waals surface area contributed by atoms with Gasteiger partial charge in [-0.05, 0) is 19.1 Å². The third kappa shape index (κ3) is 1.89. The average Bonchev–Trinajstić information content (AvgIpc) is 2.39. The van der Waals surface area contributed by atoms with Crippen LogP contribution in [0.2, 0.25) is 0 Å². The van der Waals surface area contributed by atoms with Gasteiger partial charge in [0.1, 0.15) is 0 Å². The summed E-state index contributed by atoms with van der Waals surface area (Å²) in [6, 6.07) is 16.3. The fourth-order valence-electron chi connectivity index (χ4n) is 1.86. The monoisotopic (exact) mass is 223 g/mol. The smallest absolute Gasteiger partial charge is 0.162 e. The largest absolute Gasteiger partial charge is 0.382 e. The lowest BCUT2D eigenvalue weighted by Crippen LogP contribution is -2.20. The molecule has 2 heteroatoms. The highest BCUT2D eigenvalue weighted by molar-refractivity contribution is 5.83. The number of fused-ring (bicyclic) bond motifs is 1. The van der Waals surface area contributed by atoms with Crippen molar-refractivity contribution in [2.75, 3.05) is 0 Å². The Kier molecular flexibility index (Phi) is 2.33. The second-order valence-electron chi connectivity index (χ2n) is 4.17. The van der Waals surface area contributed by atoms with Gasteiger partial charge in [0.15, 0.2) is 5.75 Å². The molecule has 1 heterocycles. The summed E-state index contributed by atoms with van der Waals surface area (Å²) in [5, 5.41) is 0. The summed E-state index contributed by atoms with van der Waals surface area (Å²) in [5.41, 5.74) is 7.45. The molecule has 0 spiro atoms. The highest BCUT2D eigenvalue weighted by Crippen LogP contribution is 2.27. The van der Waals surface area contributed by atoms with Gasteiger partial charge in [-0.3, -0.25) is 0 Å². The lowest BCUT2D eigenvalue weighted by Gasteiger charge is -2.19. The van der Waals surface area contributed by atoms with Crippen LogP contribution >= 0.6 is 0 Å². The molecule has 1 aliphatic rings. The van der Waals surface area contributed by atoms with E-state index in [2.05, 4.69) is 42.7 Å². The third-order valence-electron chi connectivity index (χ3n) is 2.85. The first-order valence-corrected chi connectivity index (χ1v) is 5.63. The number of hydrogen-bond donors (Lipinski definition) is 1. The van der Waals surface area contributed by atoms with E-state index in [1.165, 1.54) is 5.56 Å². The first-order valence-electron chi connectivity index (χ1n) is 5.63. The zero-order valence-corrected chi connectivity index (χ0v) is 9.60. The van der Waals surface area contributed by atoms with Crippen LogP contribution in [0.1, 0.15) is 16.7 Å². The van der Waals surface area contributed by atoms with E-state index in [0.717, 1.165) is 22.6 Å². The van der Waals surface area contributed by atoms with Crippen molar-refractivity contribution in [1.29, 1.82) is 0 Å². The fourth-order valence-corrected chi connectivity index (χ4v) is 1.86. The predicted octanol–water partition coefficient (Wildman–Crippen LogP) is 3.39. The standard InChI is InChI=1S/C15H13NO/c1-11-6-8-12(9-7-11)14-10-13-4-2-3-5-15(13)17-16-14/h2-10,16H,1H3. The van der Waals surface area contributed by atoms with Gasteiger partial charge in [-0.1, -0.05) is 48.0 Å². The maximum absolute atomic E-state index is 5.50. The maximum atomic E-state index is 5.50. The van der Waals surface area contributed by atoms with Crippen LogP contribution in [0.3, 0.4) is 0 Å². The Morgan fingerprint density at radius 1 is 0.941 bits per heavy atom. The fraction of sp³-hybridized carbons (Fsp3) is 0.0667. The number of hydroxylamine groups is 1. The molecule has 2 nitrogen and oxygen atoms in total. The van der Waals surface area contributed by atoms with Gasteiger partial charge in [0, 0.05) is 11.1 Å². The molecule has 2 aromatic rings. The third-order valence-corrected chi connectivity index (χ3v) is 2.85. The van der Waals surface area contributed by atoms with Crippen LogP contribution in [0.5, 0.6) is 5.75 Å². The first-order chi connectivity index (χ1) is 8.33. The Labute approximate surface area is 101 Å². The molecule has 0 atom stereocenters. The molecule has 0 bridgehead atoms. The van der Waals surface area contributed by atoms with Crippen LogP contribution in [0.4, 0.5) is 0 Å². The molecule has 0 radical (unpaired) electrons. The lowest BCUT2D eigenvalue weighted by molar-refractivity contribution is 0.249. The summed E-state index contributed by atoms with van der Waals surface area (Å²) in [4.78, 5) is 5.50. The molecular formula is C15H13NO. The highest BCUT2D eigenvalue weighted by Gasteiger charge is 2.11. The summed E-state index contributed by atoms with van der Waals surface area (Å²) in [6.45, 7) is 2.08. The topological polar surface area (TPSA) is 21.3 Å². The number of para-hydroxylation sites is 1. The zero-order valence-electron chi connectivity index (χ0n) is 9.60. The van der Waals surface area contributed by atoms with Gasteiger partial charge in [0.25, 0.3) is 0 Å². The van der Waals surface area contributed by atoms with E-state index in [4.69, 9.17) is 4.84 Å². The molecule has 0 aliphatic carbocycles. The minimum absolute atomic E-state index is 0.864. The molecule has 2 aromatic carbocycles. The second-order valence-corrected chi connectivity index (χ2v) is 4.17. The Morgan fingerprint density at radius 3 is 2.53 bits per heavy atom. The summed E-state index contributed by atoms with van der Waals surface area (Å²) in [6.07, 6.45) is 2.10. The SMILES string of the molecule is Cc1ccc(C2=Cc3ccccc3ON2)cc1. The van der Waals surface area contributed by atoms with Gasteiger partial charge in [0.05, 0.1) is 5.70 Å². The molecular weight excluding hydrogens is 210 g/mol. The van der Waals surface area contributed by atoms with E-state index in [9.17, 15) is 0 Å². The number of aryl methyl sites for hydroxylation is 1. The molecule has 0 saturated carbocycles. The van der Waals surface area contributed by atoms with Gasteiger partial charge in [-0.25, -0.2) is 5.48 Å². The van der Waals surface area contributed by atoms with E-state index in [1.54, 1.807) is 0 Å². The molecule has 0 amide bonds. The molecule has 0 unspecified atom stereocenters. The van der Waals surface area contributed by atoms with Crippen molar-refractivity contribution in [3.63, 3.8) is 0 Å². The van der Waals surface area contributed by atoms with Crippen molar-refractivity contribution in [2.24, 2.45) is 0 Å². The zero-order chi connectivity index (χ0) is 11.7. The van der Waals surface area contributed by atoms with Crippen molar-refractivity contribution in [3.05, 3.63) is 65.2 Å². The van der Waals surface area contributed by atoms with Crippen LogP contribution < -0.4 is 10.3 Å². The van der Waals surface area contributed by atoms with Crippen molar-refractivity contribution < 1.29 is 4.84 Å². The van der Waals surface area contributed by atoms with Crippen molar-refractivity contribution in [1.82, 2.24) is 5.48 Å². The van der Waals surface area contributed by atoms with Gasteiger partial charge in [-0.15, -0.1) is 0 Å². The first kappa shape index (κ1) is 9.97. The Hall–Kier alpha value is -2.22. The van der Waals surface area contributed by atoms with E-state index in [1.807, 2.05) is 24.3 Å². The Bertz CT molecular complexity index is 570. The molecule has 84 valence electrons. The predicted molar refractivity (Wildman–Crippen MR) is 69.3 cm³/mol. The Morgan fingerprint density at radius 2 is 1.71 bits per heavy atom. The van der Waals surface area contributed by atoms with E-state index in [-0.39, 0.29) is 0 Å². The summed E-state index contributed by atoms with van der Waals surface area (Å²) in [5.74, 6) is 0.864. The molecule has 1 aliphatic heterocycles. The minimum atomic E-state index is 0.864. The maximum Gasteiger partial charge on any atom is 0.162 e. The van der Waals surface area contributed by atoms with Crippen LogP contribution in [0, 0.1) is 6.92 Å².